The summed E-state index contributed by atoms with van der Waals surface area (Å²) >= 11 is 0. The molecule has 0 aliphatic rings. The number of hydrogen-bond donors (Lipinski definition) is 0. The van der Waals surface area contributed by atoms with E-state index in [9.17, 15) is 43.9 Å². The van der Waals surface area contributed by atoms with Crippen LogP contribution in [0.3, 0.4) is 0 Å². The minimum atomic E-state index is -6.56. The quantitative estimate of drug-likeness (QED) is 0.444. The Morgan fingerprint density at radius 3 is 1.47 bits per heavy atom. The third kappa shape index (κ3) is 4.66. The van der Waals surface area contributed by atoms with Crippen LogP contribution in [-0.2, 0) is 9.47 Å². The molecule has 0 aliphatic heterocycles. The molecule has 2 nitrogen and oxygen atoms in total. The molecule has 0 saturated heterocycles. The van der Waals surface area contributed by atoms with E-state index < -0.39 is 30.7 Å². The molecular formula is C5F10O2. The molecule has 0 aromatic rings. The van der Waals surface area contributed by atoms with Gasteiger partial charge in [-0.05, 0) is 0 Å². The van der Waals surface area contributed by atoms with Crippen molar-refractivity contribution in [3.63, 3.8) is 0 Å². The Labute approximate surface area is 85.4 Å². The highest BCUT2D eigenvalue weighted by molar-refractivity contribution is 4.81. The van der Waals surface area contributed by atoms with Crippen molar-refractivity contribution in [2.45, 2.75) is 18.6 Å². The van der Waals surface area contributed by atoms with Crippen molar-refractivity contribution in [3.05, 3.63) is 12.1 Å². The van der Waals surface area contributed by atoms with E-state index in [-0.39, 0.29) is 0 Å². The largest absolute Gasteiger partial charge is 0.542 e. The normalized spacial score (nSPS) is 13.5. The predicted octanol–water partition coefficient (Wildman–Crippen LogP) is 3.76. The van der Waals surface area contributed by atoms with E-state index in [4.69, 9.17) is 0 Å². The van der Waals surface area contributed by atoms with Gasteiger partial charge in [0.2, 0.25) is 0 Å². The fourth-order valence-corrected chi connectivity index (χ4v) is 0.371. The first-order valence-corrected chi connectivity index (χ1v) is 3.21. The molecule has 0 fully saturated rings. The predicted molar refractivity (Wildman–Crippen MR) is 28.5 cm³/mol. The summed E-state index contributed by atoms with van der Waals surface area (Å²) in [5.41, 5.74) is 0. The Kier molecular flexibility index (Phi) is 4.26. The summed E-state index contributed by atoms with van der Waals surface area (Å²) in [6.07, 6.45) is -22.4. The van der Waals surface area contributed by atoms with Crippen molar-refractivity contribution in [1.82, 2.24) is 0 Å². The Bertz CT molecular complexity index is 300. The zero-order chi connectivity index (χ0) is 14.1. The maximum Gasteiger partial charge on any atom is 0.542 e. The van der Waals surface area contributed by atoms with Crippen molar-refractivity contribution in [2.75, 3.05) is 0 Å². The molecule has 0 aromatic heterocycles. The van der Waals surface area contributed by atoms with E-state index in [1.165, 1.54) is 0 Å². The monoisotopic (exact) mass is 282 g/mol. The lowest BCUT2D eigenvalue weighted by Gasteiger charge is -2.23. The second kappa shape index (κ2) is 4.58. The lowest BCUT2D eigenvalue weighted by molar-refractivity contribution is -0.508. The molecule has 0 amide bonds. The van der Waals surface area contributed by atoms with Crippen molar-refractivity contribution in [1.29, 1.82) is 0 Å². The SMILES string of the molecule is FC(F)=C(F)OC(F)(F)OC(F)(F)C(F)(F)F. The third-order valence-corrected chi connectivity index (χ3v) is 0.934. The molecule has 0 atom stereocenters. The molecule has 12 heteroatoms. The molecule has 0 saturated carbocycles. The van der Waals surface area contributed by atoms with E-state index in [2.05, 4.69) is 4.74 Å². The fourth-order valence-electron chi connectivity index (χ4n) is 0.371. The molecule has 0 radical (unpaired) electrons. The van der Waals surface area contributed by atoms with Gasteiger partial charge in [-0.2, -0.15) is 35.1 Å². The molecule has 0 rings (SSSR count). The highest BCUT2D eigenvalue weighted by Crippen LogP contribution is 2.41. The average molecular weight is 282 g/mol. The van der Waals surface area contributed by atoms with Crippen molar-refractivity contribution in [2.24, 2.45) is 0 Å². The van der Waals surface area contributed by atoms with E-state index in [0.29, 0.717) is 0 Å². The van der Waals surface area contributed by atoms with Crippen LogP contribution in [0.2, 0.25) is 0 Å². The van der Waals surface area contributed by atoms with Crippen LogP contribution in [0, 0.1) is 0 Å². The van der Waals surface area contributed by atoms with Gasteiger partial charge in [-0.3, -0.25) is 0 Å². The summed E-state index contributed by atoms with van der Waals surface area (Å²) in [6.45, 7) is 0. The van der Waals surface area contributed by atoms with Gasteiger partial charge in [0.05, 0.1) is 0 Å². The molecule has 0 aliphatic carbocycles. The van der Waals surface area contributed by atoms with Crippen molar-refractivity contribution in [3.8, 4) is 0 Å². The van der Waals surface area contributed by atoms with E-state index in [1.807, 2.05) is 0 Å². The highest BCUT2D eigenvalue weighted by Gasteiger charge is 2.65. The molecular weight excluding hydrogens is 282 g/mol. The second-order valence-electron chi connectivity index (χ2n) is 2.22. The van der Waals surface area contributed by atoms with Crippen LogP contribution >= 0.6 is 0 Å². The maximum atomic E-state index is 12.0. The van der Waals surface area contributed by atoms with Crippen LogP contribution in [-0.4, -0.2) is 18.6 Å². The van der Waals surface area contributed by atoms with E-state index >= 15 is 0 Å². The van der Waals surface area contributed by atoms with Gasteiger partial charge in [-0.25, -0.2) is 4.74 Å². The zero-order valence-corrected chi connectivity index (χ0v) is 7.10. The van der Waals surface area contributed by atoms with Gasteiger partial charge in [0.1, 0.15) is 0 Å². The third-order valence-electron chi connectivity index (χ3n) is 0.934. The van der Waals surface area contributed by atoms with Gasteiger partial charge in [0, 0.05) is 0 Å². The summed E-state index contributed by atoms with van der Waals surface area (Å²) in [6, 6.07) is -3.35. The van der Waals surface area contributed by atoms with Crippen LogP contribution in [0.15, 0.2) is 12.1 Å². The topological polar surface area (TPSA) is 18.5 Å². The molecule has 0 N–H and O–H groups in total. The molecule has 0 spiro atoms. The van der Waals surface area contributed by atoms with Gasteiger partial charge in [0.25, 0.3) is 0 Å². The van der Waals surface area contributed by atoms with Gasteiger partial charge in [0.15, 0.2) is 0 Å². The Hall–Kier alpha value is -1.20. The summed E-state index contributed by atoms with van der Waals surface area (Å²) in [4.78, 5) is 0. The Morgan fingerprint density at radius 2 is 1.18 bits per heavy atom. The molecule has 0 heterocycles. The summed E-state index contributed by atoms with van der Waals surface area (Å²) in [5.74, 6) is 0. The number of hydrogen-bond acceptors (Lipinski definition) is 2. The lowest BCUT2D eigenvalue weighted by Crippen LogP contribution is -2.45. The summed E-state index contributed by atoms with van der Waals surface area (Å²) in [5, 5.41) is 0. The van der Waals surface area contributed by atoms with Crippen LogP contribution in [0.4, 0.5) is 43.9 Å². The first-order valence-electron chi connectivity index (χ1n) is 3.21. The standard InChI is InChI=1S/C5F10O2/c6-1(7)2(8)16-5(14,15)17-4(12,13)3(9,10)11. The number of halogens is 10. The molecule has 0 bridgehead atoms. The van der Waals surface area contributed by atoms with Crippen LogP contribution in [0.25, 0.3) is 0 Å². The fraction of sp³-hybridized carbons (Fsp3) is 0.600. The minimum absolute atomic E-state index is 1.79. The number of rotatable bonds is 4. The number of ether oxygens (including phenoxy) is 2. The van der Waals surface area contributed by atoms with Crippen LogP contribution in [0.1, 0.15) is 0 Å². The van der Waals surface area contributed by atoms with Crippen molar-refractivity contribution < 1.29 is 53.4 Å². The van der Waals surface area contributed by atoms with Gasteiger partial charge < -0.3 is 4.74 Å². The van der Waals surface area contributed by atoms with E-state index in [0.717, 1.165) is 0 Å². The minimum Gasteiger partial charge on any atom is -0.378 e. The Morgan fingerprint density at radius 1 is 0.765 bits per heavy atom. The summed E-state index contributed by atoms with van der Waals surface area (Å²) < 4.78 is 120. The zero-order valence-electron chi connectivity index (χ0n) is 7.10. The second-order valence-corrected chi connectivity index (χ2v) is 2.22. The summed E-state index contributed by atoms with van der Waals surface area (Å²) in [7, 11) is 0. The van der Waals surface area contributed by atoms with Crippen LogP contribution < -0.4 is 0 Å². The molecule has 0 unspecified atom stereocenters. The smallest absolute Gasteiger partial charge is 0.378 e. The molecule has 102 valence electrons. The van der Waals surface area contributed by atoms with Crippen LogP contribution in [0.5, 0.6) is 0 Å². The van der Waals surface area contributed by atoms with Gasteiger partial charge >= 0.3 is 30.7 Å². The van der Waals surface area contributed by atoms with Gasteiger partial charge in [-0.1, -0.05) is 0 Å². The number of alkyl halides is 7. The highest BCUT2D eigenvalue weighted by atomic mass is 19.4. The lowest BCUT2D eigenvalue weighted by atomic mass is 10.6. The van der Waals surface area contributed by atoms with Gasteiger partial charge in [-0.15, -0.1) is 8.78 Å². The molecule has 0 aromatic carbocycles. The average Bonchev–Trinajstić information content (AvgIpc) is 1.97. The van der Waals surface area contributed by atoms with E-state index in [1.54, 1.807) is 4.74 Å². The first kappa shape index (κ1) is 15.8. The maximum absolute atomic E-state index is 12.0. The first-order chi connectivity index (χ1) is 7.28. The van der Waals surface area contributed by atoms with Crippen molar-refractivity contribution >= 4 is 0 Å². The molecule has 17 heavy (non-hydrogen) atoms. The Balaban J connectivity index is 4.84.